The average Bonchev–Trinajstić information content (AvgIpc) is 3.01. The highest BCUT2D eigenvalue weighted by atomic mass is 16.5. The van der Waals surface area contributed by atoms with Gasteiger partial charge in [0.2, 0.25) is 0 Å². The second-order valence-corrected chi connectivity index (χ2v) is 6.90. The fraction of sp³-hybridized carbons (Fsp3) is 0.450. The summed E-state index contributed by atoms with van der Waals surface area (Å²) < 4.78 is 11.2. The molecule has 0 aliphatic carbocycles. The van der Waals surface area contributed by atoms with Gasteiger partial charge in [-0.25, -0.2) is 0 Å². The number of carbonyl (C=O) groups excluding carboxylic acids is 1. The zero-order valence-electron chi connectivity index (χ0n) is 14.0. The Labute approximate surface area is 142 Å². The van der Waals surface area contributed by atoms with E-state index in [2.05, 4.69) is 6.07 Å². The van der Waals surface area contributed by atoms with Gasteiger partial charge in [0.1, 0.15) is 5.60 Å². The van der Waals surface area contributed by atoms with Crippen molar-refractivity contribution < 1.29 is 14.3 Å². The number of carbonyl (C=O) groups is 1. The number of hydrogen-bond acceptors (Lipinski definition) is 3. The van der Waals surface area contributed by atoms with E-state index >= 15 is 0 Å². The molecule has 4 nitrogen and oxygen atoms in total. The van der Waals surface area contributed by atoms with Crippen molar-refractivity contribution in [3.05, 3.63) is 48.0 Å². The fourth-order valence-electron chi connectivity index (χ4n) is 4.05. The predicted molar refractivity (Wildman–Crippen MR) is 93.1 cm³/mol. The lowest BCUT2D eigenvalue weighted by molar-refractivity contribution is -0.120. The molecule has 1 spiro atoms. The van der Waals surface area contributed by atoms with Gasteiger partial charge in [-0.15, -0.1) is 0 Å². The number of fused-ring (bicyclic) bond motifs is 1. The summed E-state index contributed by atoms with van der Waals surface area (Å²) in [4.78, 5) is 14.7. The van der Waals surface area contributed by atoms with Crippen LogP contribution in [0, 0.1) is 5.92 Å². The van der Waals surface area contributed by atoms with Gasteiger partial charge >= 0.3 is 0 Å². The van der Waals surface area contributed by atoms with Crippen LogP contribution in [-0.4, -0.2) is 49.8 Å². The molecule has 126 valence electrons. The molecule has 0 saturated carbocycles. The second kappa shape index (κ2) is 6.19. The monoisotopic (exact) mass is 325 g/mol. The normalized spacial score (nSPS) is 22.0. The van der Waals surface area contributed by atoms with E-state index in [0.717, 1.165) is 42.4 Å². The summed E-state index contributed by atoms with van der Waals surface area (Å²) in [7, 11) is 1.73. The van der Waals surface area contributed by atoms with Crippen LogP contribution >= 0.6 is 0 Å². The largest absolute Gasteiger partial charge is 0.385 e. The molecule has 0 N–H and O–H groups in total. The highest BCUT2D eigenvalue weighted by molar-refractivity contribution is 5.99. The molecular formula is C20H23NO3. The molecular weight excluding hydrogens is 302 g/mol. The summed E-state index contributed by atoms with van der Waals surface area (Å²) in [5.74, 6) is 0.602. The molecule has 1 atom stereocenters. The number of likely N-dealkylation sites (tertiary alicyclic amines) is 1. The minimum atomic E-state index is -0.134. The standard InChI is InChI=1S/C20H23NO3/c1-23-10-8-18-9-11-24-20(18)13-21(14-20)19(22)17-7-6-15-4-2-3-5-16(15)12-17/h2-7,12,18H,8-11,13-14H2,1H3/t18-/m0/s1. The van der Waals surface area contributed by atoms with E-state index in [1.54, 1.807) is 7.11 Å². The maximum atomic E-state index is 12.8. The number of amides is 1. The number of benzene rings is 2. The second-order valence-electron chi connectivity index (χ2n) is 6.90. The summed E-state index contributed by atoms with van der Waals surface area (Å²) in [6, 6.07) is 14.1. The lowest BCUT2D eigenvalue weighted by Crippen LogP contribution is -2.66. The molecule has 2 fully saturated rings. The van der Waals surface area contributed by atoms with Crippen molar-refractivity contribution in [3.8, 4) is 0 Å². The summed E-state index contributed by atoms with van der Waals surface area (Å²) in [6.07, 6.45) is 2.08. The molecule has 2 aromatic carbocycles. The lowest BCUT2D eigenvalue weighted by Gasteiger charge is -2.50. The van der Waals surface area contributed by atoms with Gasteiger partial charge in [0.25, 0.3) is 5.91 Å². The van der Waals surface area contributed by atoms with E-state index in [0.29, 0.717) is 19.0 Å². The Morgan fingerprint density at radius 1 is 1.25 bits per heavy atom. The third kappa shape index (κ3) is 2.60. The van der Waals surface area contributed by atoms with Crippen LogP contribution in [0.15, 0.2) is 42.5 Å². The molecule has 24 heavy (non-hydrogen) atoms. The molecule has 2 aromatic rings. The van der Waals surface area contributed by atoms with E-state index in [1.807, 2.05) is 41.3 Å². The van der Waals surface area contributed by atoms with Crippen molar-refractivity contribution >= 4 is 16.7 Å². The van der Waals surface area contributed by atoms with E-state index < -0.39 is 0 Å². The van der Waals surface area contributed by atoms with Gasteiger partial charge in [-0.05, 0) is 41.7 Å². The van der Waals surface area contributed by atoms with Gasteiger partial charge in [-0.1, -0.05) is 30.3 Å². The first-order chi connectivity index (χ1) is 11.7. The Balaban J connectivity index is 1.46. The van der Waals surface area contributed by atoms with E-state index in [4.69, 9.17) is 9.47 Å². The molecule has 4 rings (SSSR count). The maximum Gasteiger partial charge on any atom is 0.254 e. The molecule has 1 amide bonds. The molecule has 2 saturated heterocycles. The molecule has 0 bridgehead atoms. The quantitative estimate of drug-likeness (QED) is 0.867. The first-order valence-electron chi connectivity index (χ1n) is 8.63. The summed E-state index contributed by atoms with van der Waals surface area (Å²) in [6.45, 7) is 2.96. The first kappa shape index (κ1) is 15.6. The van der Waals surface area contributed by atoms with Crippen LogP contribution in [0.5, 0.6) is 0 Å². The van der Waals surface area contributed by atoms with E-state index in [9.17, 15) is 4.79 Å². The topological polar surface area (TPSA) is 38.8 Å². The number of ether oxygens (including phenoxy) is 2. The number of hydrogen-bond donors (Lipinski definition) is 0. The van der Waals surface area contributed by atoms with Crippen LogP contribution in [0.2, 0.25) is 0 Å². The van der Waals surface area contributed by atoms with Crippen molar-refractivity contribution in [2.45, 2.75) is 18.4 Å². The Hall–Kier alpha value is -1.91. The number of nitrogens with zero attached hydrogens (tertiary/aromatic N) is 1. The fourth-order valence-corrected chi connectivity index (χ4v) is 4.05. The van der Waals surface area contributed by atoms with Crippen molar-refractivity contribution in [3.63, 3.8) is 0 Å². The van der Waals surface area contributed by atoms with Gasteiger partial charge in [0, 0.05) is 25.9 Å². The van der Waals surface area contributed by atoms with Gasteiger partial charge < -0.3 is 14.4 Å². The maximum absolute atomic E-state index is 12.8. The third-order valence-electron chi connectivity index (χ3n) is 5.47. The van der Waals surface area contributed by atoms with Crippen LogP contribution in [-0.2, 0) is 9.47 Å². The zero-order chi connectivity index (χ0) is 16.6. The number of rotatable bonds is 4. The van der Waals surface area contributed by atoms with Crippen LogP contribution in [0.3, 0.4) is 0 Å². The van der Waals surface area contributed by atoms with E-state index in [1.165, 1.54) is 0 Å². The van der Waals surface area contributed by atoms with Gasteiger partial charge in [-0.2, -0.15) is 0 Å². The number of methoxy groups -OCH3 is 1. The molecule has 2 aliphatic rings. The lowest BCUT2D eigenvalue weighted by atomic mass is 9.79. The van der Waals surface area contributed by atoms with Crippen LogP contribution in [0.1, 0.15) is 23.2 Å². The summed E-state index contributed by atoms with van der Waals surface area (Å²) in [5, 5.41) is 2.27. The van der Waals surface area contributed by atoms with Gasteiger partial charge in [0.15, 0.2) is 0 Å². The predicted octanol–water partition coefficient (Wildman–Crippen LogP) is 3.11. The van der Waals surface area contributed by atoms with Crippen LogP contribution < -0.4 is 0 Å². The average molecular weight is 325 g/mol. The molecule has 0 radical (unpaired) electrons. The molecule has 2 heterocycles. The van der Waals surface area contributed by atoms with Crippen molar-refractivity contribution in [1.82, 2.24) is 4.90 Å². The smallest absolute Gasteiger partial charge is 0.254 e. The SMILES string of the molecule is COCC[C@H]1CCOC12CN(C(=O)c1ccc3ccccc3c1)C2. The minimum Gasteiger partial charge on any atom is -0.385 e. The first-order valence-corrected chi connectivity index (χ1v) is 8.63. The Kier molecular flexibility index (Phi) is 4.02. The Bertz CT molecular complexity index is 751. The summed E-state index contributed by atoms with van der Waals surface area (Å²) >= 11 is 0. The van der Waals surface area contributed by atoms with Crippen LogP contribution in [0.4, 0.5) is 0 Å². The van der Waals surface area contributed by atoms with Gasteiger partial charge in [0.05, 0.1) is 13.1 Å². The van der Waals surface area contributed by atoms with Crippen LogP contribution in [0.25, 0.3) is 10.8 Å². The highest BCUT2D eigenvalue weighted by Gasteiger charge is 2.54. The van der Waals surface area contributed by atoms with E-state index in [-0.39, 0.29) is 11.5 Å². The molecule has 4 heteroatoms. The van der Waals surface area contributed by atoms with Gasteiger partial charge in [-0.3, -0.25) is 4.79 Å². The summed E-state index contributed by atoms with van der Waals surface area (Å²) in [5.41, 5.74) is 0.625. The molecule has 0 aromatic heterocycles. The Morgan fingerprint density at radius 3 is 2.83 bits per heavy atom. The highest BCUT2D eigenvalue weighted by Crippen LogP contribution is 2.42. The van der Waals surface area contributed by atoms with Crippen molar-refractivity contribution in [2.75, 3.05) is 33.4 Å². The third-order valence-corrected chi connectivity index (χ3v) is 5.47. The zero-order valence-corrected chi connectivity index (χ0v) is 14.0. The molecule has 0 unspecified atom stereocenters. The Morgan fingerprint density at radius 2 is 2.04 bits per heavy atom. The molecule has 2 aliphatic heterocycles. The van der Waals surface area contributed by atoms with Crippen molar-refractivity contribution in [2.24, 2.45) is 5.92 Å². The minimum absolute atomic E-state index is 0.104. The van der Waals surface area contributed by atoms with Crippen molar-refractivity contribution in [1.29, 1.82) is 0 Å².